The molecule has 21 heavy (non-hydrogen) atoms. The lowest BCUT2D eigenvalue weighted by atomic mass is 10.1. The van der Waals surface area contributed by atoms with E-state index in [1.807, 2.05) is 55.5 Å². The molecule has 102 valence electrons. The zero-order chi connectivity index (χ0) is 14.7. The number of fused-ring (bicyclic) bond motifs is 1. The Morgan fingerprint density at radius 1 is 1.10 bits per heavy atom. The van der Waals surface area contributed by atoms with Gasteiger partial charge in [-0.05, 0) is 31.2 Å². The molecule has 0 saturated carbocycles. The number of aryl methyl sites for hydroxylation is 1. The Morgan fingerprint density at radius 2 is 1.95 bits per heavy atom. The lowest BCUT2D eigenvalue weighted by molar-refractivity contribution is 1.01. The van der Waals surface area contributed by atoms with Crippen LogP contribution in [-0.4, -0.2) is 9.97 Å². The van der Waals surface area contributed by atoms with Crippen LogP contribution in [0, 0.1) is 18.3 Å². The number of hydrogen-bond donors (Lipinski definition) is 1. The van der Waals surface area contributed by atoms with Crippen molar-refractivity contribution in [3.8, 4) is 6.07 Å². The number of benzene rings is 1. The van der Waals surface area contributed by atoms with Crippen molar-refractivity contribution in [1.29, 1.82) is 5.26 Å². The Morgan fingerprint density at radius 3 is 2.76 bits per heavy atom. The van der Waals surface area contributed by atoms with Gasteiger partial charge in [-0.3, -0.25) is 4.98 Å². The molecule has 4 nitrogen and oxygen atoms in total. The standard InChI is InChI=1S/C17H14N4/c1-12-5-4-7-15(20-12)11-19-17-14(10-18)9-13-6-2-3-8-16(13)21-17/h2-9H,11H2,1H3,(H,19,21). The molecule has 4 heteroatoms. The normalized spacial score (nSPS) is 10.3. The minimum Gasteiger partial charge on any atom is -0.363 e. The Kier molecular flexibility index (Phi) is 3.48. The number of anilines is 1. The number of para-hydroxylation sites is 1. The van der Waals surface area contributed by atoms with Crippen molar-refractivity contribution in [1.82, 2.24) is 9.97 Å². The second-order valence-electron chi connectivity index (χ2n) is 4.81. The molecule has 0 fully saturated rings. The average molecular weight is 274 g/mol. The summed E-state index contributed by atoms with van der Waals surface area (Å²) < 4.78 is 0. The molecule has 0 radical (unpaired) electrons. The first-order valence-electron chi connectivity index (χ1n) is 6.72. The highest BCUT2D eigenvalue weighted by atomic mass is 15.0. The van der Waals surface area contributed by atoms with Crippen LogP contribution < -0.4 is 5.32 Å². The van der Waals surface area contributed by atoms with Crippen LogP contribution in [0.15, 0.2) is 48.5 Å². The first-order valence-corrected chi connectivity index (χ1v) is 6.72. The van der Waals surface area contributed by atoms with Crippen molar-refractivity contribution < 1.29 is 0 Å². The van der Waals surface area contributed by atoms with Gasteiger partial charge in [0.15, 0.2) is 0 Å². The van der Waals surface area contributed by atoms with Crippen LogP contribution in [0.1, 0.15) is 17.0 Å². The molecular weight excluding hydrogens is 260 g/mol. The van der Waals surface area contributed by atoms with E-state index in [0.29, 0.717) is 17.9 Å². The van der Waals surface area contributed by atoms with E-state index in [9.17, 15) is 5.26 Å². The zero-order valence-electron chi connectivity index (χ0n) is 11.7. The van der Waals surface area contributed by atoms with Crippen molar-refractivity contribution in [2.75, 3.05) is 5.32 Å². The number of nitriles is 1. The largest absolute Gasteiger partial charge is 0.363 e. The van der Waals surface area contributed by atoms with Crippen molar-refractivity contribution in [2.24, 2.45) is 0 Å². The quantitative estimate of drug-likeness (QED) is 0.795. The molecule has 0 aliphatic heterocycles. The lowest BCUT2D eigenvalue weighted by Crippen LogP contribution is -2.05. The van der Waals surface area contributed by atoms with E-state index in [2.05, 4.69) is 21.4 Å². The van der Waals surface area contributed by atoms with Crippen LogP contribution in [0.25, 0.3) is 10.9 Å². The lowest BCUT2D eigenvalue weighted by Gasteiger charge is -2.09. The van der Waals surface area contributed by atoms with Crippen LogP contribution in [0.4, 0.5) is 5.82 Å². The first kappa shape index (κ1) is 13.1. The molecule has 1 aromatic carbocycles. The predicted octanol–water partition coefficient (Wildman–Crippen LogP) is 3.42. The van der Waals surface area contributed by atoms with Crippen molar-refractivity contribution in [3.63, 3.8) is 0 Å². The van der Waals surface area contributed by atoms with Gasteiger partial charge in [0.25, 0.3) is 0 Å². The molecule has 0 bridgehead atoms. The molecule has 0 aliphatic rings. The maximum absolute atomic E-state index is 9.27. The fourth-order valence-corrected chi connectivity index (χ4v) is 2.21. The Bertz CT molecular complexity index is 834. The zero-order valence-corrected chi connectivity index (χ0v) is 11.7. The number of aromatic nitrogens is 2. The van der Waals surface area contributed by atoms with Gasteiger partial charge < -0.3 is 5.32 Å². The van der Waals surface area contributed by atoms with E-state index in [0.717, 1.165) is 22.3 Å². The average Bonchev–Trinajstić information content (AvgIpc) is 2.52. The predicted molar refractivity (Wildman–Crippen MR) is 82.8 cm³/mol. The van der Waals surface area contributed by atoms with E-state index < -0.39 is 0 Å². The fraction of sp³-hybridized carbons (Fsp3) is 0.118. The molecule has 0 atom stereocenters. The number of nitrogens with zero attached hydrogens (tertiary/aromatic N) is 3. The summed E-state index contributed by atoms with van der Waals surface area (Å²) in [6.45, 7) is 2.50. The summed E-state index contributed by atoms with van der Waals surface area (Å²) in [6, 6.07) is 17.7. The van der Waals surface area contributed by atoms with Crippen molar-refractivity contribution in [2.45, 2.75) is 13.5 Å². The SMILES string of the molecule is Cc1cccc(CNc2nc3ccccc3cc2C#N)n1. The summed E-state index contributed by atoms with van der Waals surface area (Å²) in [5, 5.41) is 13.4. The molecule has 2 heterocycles. The highest BCUT2D eigenvalue weighted by Gasteiger charge is 2.06. The molecular formula is C17H14N4. The van der Waals surface area contributed by atoms with Gasteiger partial charge in [-0.1, -0.05) is 24.3 Å². The molecule has 0 spiro atoms. The molecule has 0 aliphatic carbocycles. The van der Waals surface area contributed by atoms with Crippen LogP contribution in [0.3, 0.4) is 0 Å². The van der Waals surface area contributed by atoms with Crippen LogP contribution in [-0.2, 0) is 6.54 Å². The summed E-state index contributed by atoms with van der Waals surface area (Å²) in [7, 11) is 0. The summed E-state index contributed by atoms with van der Waals surface area (Å²) in [5.74, 6) is 0.597. The second-order valence-corrected chi connectivity index (χ2v) is 4.81. The summed E-state index contributed by atoms with van der Waals surface area (Å²) >= 11 is 0. The van der Waals surface area contributed by atoms with Gasteiger partial charge in [0.1, 0.15) is 11.9 Å². The van der Waals surface area contributed by atoms with Gasteiger partial charge in [-0.2, -0.15) is 5.26 Å². The third kappa shape index (κ3) is 2.82. The minimum atomic E-state index is 0.543. The van der Waals surface area contributed by atoms with E-state index in [1.165, 1.54) is 0 Å². The van der Waals surface area contributed by atoms with E-state index in [-0.39, 0.29) is 0 Å². The maximum atomic E-state index is 9.27. The van der Waals surface area contributed by atoms with Gasteiger partial charge in [0.2, 0.25) is 0 Å². The van der Waals surface area contributed by atoms with Gasteiger partial charge in [-0.25, -0.2) is 4.98 Å². The second kappa shape index (κ2) is 5.59. The fourth-order valence-electron chi connectivity index (χ4n) is 2.21. The molecule has 2 aromatic heterocycles. The smallest absolute Gasteiger partial charge is 0.144 e. The Hall–Kier alpha value is -2.93. The molecule has 1 N–H and O–H groups in total. The van der Waals surface area contributed by atoms with Crippen LogP contribution >= 0.6 is 0 Å². The summed E-state index contributed by atoms with van der Waals surface area (Å²) in [5.41, 5.74) is 3.31. The molecule has 0 amide bonds. The molecule has 0 unspecified atom stereocenters. The van der Waals surface area contributed by atoms with Crippen molar-refractivity contribution >= 4 is 16.7 Å². The topological polar surface area (TPSA) is 61.6 Å². The van der Waals surface area contributed by atoms with E-state index in [1.54, 1.807) is 0 Å². The van der Waals surface area contributed by atoms with E-state index >= 15 is 0 Å². The third-order valence-electron chi connectivity index (χ3n) is 3.23. The number of pyridine rings is 2. The summed E-state index contributed by atoms with van der Waals surface area (Å²) in [4.78, 5) is 8.95. The van der Waals surface area contributed by atoms with Crippen LogP contribution in [0.2, 0.25) is 0 Å². The highest BCUT2D eigenvalue weighted by Crippen LogP contribution is 2.20. The monoisotopic (exact) mass is 274 g/mol. The number of rotatable bonds is 3. The third-order valence-corrected chi connectivity index (χ3v) is 3.23. The maximum Gasteiger partial charge on any atom is 0.144 e. The molecule has 0 saturated heterocycles. The van der Waals surface area contributed by atoms with E-state index in [4.69, 9.17) is 0 Å². The molecule has 3 aromatic rings. The number of hydrogen-bond acceptors (Lipinski definition) is 4. The highest BCUT2D eigenvalue weighted by molar-refractivity contribution is 5.82. The Labute approximate surface area is 123 Å². The van der Waals surface area contributed by atoms with Crippen LogP contribution in [0.5, 0.6) is 0 Å². The number of nitrogens with one attached hydrogen (secondary N) is 1. The summed E-state index contributed by atoms with van der Waals surface area (Å²) in [6.07, 6.45) is 0. The van der Waals surface area contributed by atoms with Crippen molar-refractivity contribution in [3.05, 3.63) is 65.5 Å². The molecule has 3 rings (SSSR count). The van der Waals surface area contributed by atoms with Gasteiger partial charge >= 0.3 is 0 Å². The van der Waals surface area contributed by atoms with Gasteiger partial charge in [0, 0.05) is 11.1 Å². The Balaban J connectivity index is 1.91. The first-order chi connectivity index (χ1) is 10.3. The van der Waals surface area contributed by atoms with Gasteiger partial charge in [0.05, 0.1) is 23.3 Å². The minimum absolute atomic E-state index is 0.543. The van der Waals surface area contributed by atoms with Gasteiger partial charge in [-0.15, -0.1) is 0 Å².